The van der Waals surface area contributed by atoms with E-state index in [-0.39, 0.29) is 0 Å². The van der Waals surface area contributed by atoms with Gasteiger partial charge >= 0.3 is 0 Å². The number of ether oxygens (including phenoxy) is 1. The second-order valence-corrected chi connectivity index (χ2v) is 5.67. The number of rotatable bonds is 7. The highest BCUT2D eigenvalue weighted by Gasteiger charge is 1.98. The fourth-order valence-electron chi connectivity index (χ4n) is 1.33. The van der Waals surface area contributed by atoms with Crippen LogP contribution < -0.4 is 10.1 Å². The summed E-state index contributed by atoms with van der Waals surface area (Å²) in [5.41, 5.74) is 1.10. The molecule has 0 fully saturated rings. The summed E-state index contributed by atoms with van der Waals surface area (Å²) in [4.78, 5) is 0. The molecule has 0 aliphatic rings. The van der Waals surface area contributed by atoms with Crippen LogP contribution in [-0.4, -0.2) is 25.2 Å². The Morgan fingerprint density at radius 1 is 1.38 bits per heavy atom. The van der Waals surface area contributed by atoms with Crippen LogP contribution in [0.1, 0.15) is 13.3 Å². The molecule has 0 saturated carbocycles. The van der Waals surface area contributed by atoms with E-state index in [1.165, 1.54) is 17.9 Å². The van der Waals surface area contributed by atoms with Crippen LogP contribution in [0.25, 0.3) is 0 Å². The van der Waals surface area contributed by atoms with E-state index < -0.39 is 0 Å². The van der Waals surface area contributed by atoms with Crippen molar-refractivity contribution in [3.8, 4) is 5.75 Å². The monoisotopic (exact) mass is 303 g/mol. The Balaban J connectivity index is 2.38. The molecule has 0 aliphatic carbocycles. The molecule has 0 aliphatic heterocycles. The molecule has 0 radical (unpaired) electrons. The number of halogens is 1. The fraction of sp³-hybridized carbons (Fsp3) is 0.500. The predicted octanol–water partition coefficient (Wildman–Crippen LogP) is 4.01. The van der Waals surface area contributed by atoms with E-state index >= 15 is 0 Å². The van der Waals surface area contributed by atoms with Gasteiger partial charge in [-0.05, 0) is 30.1 Å². The Labute approximate surface area is 110 Å². The molecule has 90 valence electrons. The first-order valence-corrected chi connectivity index (χ1v) is 7.37. The molecule has 1 aromatic rings. The fourth-order valence-corrected chi connectivity index (χ4v) is 2.44. The molecule has 1 aromatic carbocycles. The van der Waals surface area contributed by atoms with Crippen molar-refractivity contribution in [2.24, 2.45) is 0 Å². The van der Waals surface area contributed by atoms with Crippen molar-refractivity contribution in [1.29, 1.82) is 0 Å². The molecule has 0 bridgehead atoms. The molecule has 0 heterocycles. The molecule has 2 nitrogen and oxygen atoms in total. The highest BCUT2D eigenvalue weighted by molar-refractivity contribution is 9.10. The number of thioether (sulfide) groups is 1. The molecule has 0 unspecified atom stereocenters. The van der Waals surface area contributed by atoms with Gasteiger partial charge in [0.15, 0.2) is 0 Å². The van der Waals surface area contributed by atoms with Gasteiger partial charge in [0.2, 0.25) is 0 Å². The standard InChI is InChI=1S/C12H18BrNOS/c1-3-16-6-4-5-14-11-7-10(13)8-12(9-11)15-2/h7-9,14H,3-6H2,1-2H3. The van der Waals surface area contributed by atoms with Gasteiger partial charge in [0.05, 0.1) is 7.11 Å². The molecule has 0 spiro atoms. The van der Waals surface area contributed by atoms with Crippen molar-refractivity contribution < 1.29 is 4.74 Å². The zero-order chi connectivity index (χ0) is 11.8. The van der Waals surface area contributed by atoms with Crippen LogP contribution in [0.3, 0.4) is 0 Å². The van der Waals surface area contributed by atoms with Crippen LogP contribution in [-0.2, 0) is 0 Å². The van der Waals surface area contributed by atoms with Crippen LogP contribution in [0.15, 0.2) is 22.7 Å². The lowest BCUT2D eigenvalue weighted by Crippen LogP contribution is -2.02. The number of hydrogen-bond donors (Lipinski definition) is 1. The van der Waals surface area contributed by atoms with Crippen molar-refractivity contribution in [2.75, 3.05) is 30.5 Å². The maximum Gasteiger partial charge on any atom is 0.122 e. The molecule has 0 aromatic heterocycles. The highest BCUT2D eigenvalue weighted by Crippen LogP contribution is 2.24. The summed E-state index contributed by atoms with van der Waals surface area (Å²) in [5.74, 6) is 3.29. The Morgan fingerprint density at radius 2 is 2.19 bits per heavy atom. The molecule has 1 N–H and O–H groups in total. The van der Waals surface area contributed by atoms with Gasteiger partial charge in [-0.2, -0.15) is 11.8 Å². The summed E-state index contributed by atoms with van der Waals surface area (Å²) < 4.78 is 6.25. The van der Waals surface area contributed by atoms with Crippen molar-refractivity contribution in [3.63, 3.8) is 0 Å². The minimum Gasteiger partial charge on any atom is -0.497 e. The smallest absolute Gasteiger partial charge is 0.122 e. The SMILES string of the molecule is CCSCCCNc1cc(Br)cc(OC)c1. The number of anilines is 1. The number of benzene rings is 1. The topological polar surface area (TPSA) is 21.3 Å². The number of nitrogens with one attached hydrogen (secondary N) is 1. The van der Waals surface area contributed by atoms with Crippen molar-refractivity contribution in [1.82, 2.24) is 0 Å². The largest absolute Gasteiger partial charge is 0.497 e. The van der Waals surface area contributed by atoms with Gasteiger partial charge in [0.25, 0.3) is 0 Å². The minimum atomic E-state index is 0.875. The van der Waals surface area contributed by atoms with Crippen LogP contribution in [0, 0.1) is 0 Å². The molecule has 0 amide bonds. The summed E-state index contributed by atoms with van der Waals surface area (Å²) in [7, 11) is 1.68. The zero-order valence-electron chi connectivity index (χ0n) is 9.75. The van der Waals surface area contributed by atoms with Crippen LogP contribution in [0.2, 0.25) is 0 Å². The third-order valence-corrected chi connectivity index (χ3v) is 3.55. The third-order valence-electron chi connectivity index (χ3n) is 2.11. The first kappa shape index (κ1) is 13.7. The lowest BCUT2D eigenvalue weighted by molar-refractivity contribution is 0.414. The lowest BCUT2D eigenvalue weighted by Gasteiger charge is -2.08. The number of hydrogen-bond acceptors (Lipinski definition) is 3. The molecular formula is C12H18BrNOS. The maximum atomic E-state index is 5.21. The average molecular weight is 304 g/mol. The summed E-state index contributed by atoms with van der Waals surface area (Å²) in [6, 6.07) is 6.03. The molecule has 16 heavy (non-hydrogen) atoms. The van der Waals surface area contributed by atoms with Gasteiger partial charge in [-0.15, -0.1) is 0 Å². The normalized spacial score (nSPS) is 10.2. The van der Waals surface area contributed by atoms with Crippen LogP contribution in [0.5, 0.6) is 5.75 Å². The number of methoxy groups -OCH3 is 1. The Hall–Kier alpha value is -0.350. The van der Waals surface area contributed by atoms with E-state index in [0.29, 0.717) is 0 Å². The zero-order valence-corrected chi connectivity index (χ0v) is 12.2. The van der Waals surface area contributed by atoms with E-state index in [0.717, 1.165) is 22.5 Å². The van der Waals surface area contributed by atoms with Crippen LogP contribution >= 0.6 is 27.7 Å². The van der Waals surface area contributed by atoms with Crippen LogP contribution in [0.4, 0.5) is 5.69 Å². The average Bonchev–Trinajstić information content (AvgIpc) is 2.28. The van der Waals surface area contributed by atoms with Gasteiger partial charge in [-0.1, -0.05) is 22.9 Å². The predicted molar refractivity (Wildman–Crippen MR) is 76.8 cm³/mol. The minimum absolute atomic E-state index is 0.875. The van der Waals surface area contributed by atoms with E-state index in [2.05, 4.69) is 34.2 Å². The summed E-state index contributed by atoms with van der Waals surface area (Å²) in [6.07, 6.45) is 1.19. The summed E-state index contributed by atoms with van der Waals surface area (Å²) in [5, 5.41) is 3.40. The van der Waals surface area contributed by atoms with E-state index in [1.807, 2.05) is 23.9 Å². The molecule has 4 heteroatoms. The van der Waals surface area contributed by atoms with Gasteiger partial charge in [-0.25, -0.2) is 0 Å². The Morgan fingerprint density at radius 3 is 2.88 bits per heavy atom. The maximum absolute atomic E-state index is 5.21. The molecular weight excluding hydrogens is 286 g/mol. The highest BCUT2D eigenvalue weighted by atomic mass is 79.9. The summed E-state index contributed by atoms with van der Waals surface area (Å²) >= 11 is 5.44. The Bertz CT molecular complexity index is 320. The lowest BCUT2D eigenvalue weighted by atomic mass is 10.3. The van der Waals surface area contributed by atoms with Gasteiger partial charge in [0, 0.05) is 22.8 Å². The van der Waals surface area contributed by atoms with Gasteiger partial charge in [-0.3, -0.25) is 0 Å². The molecule has 0 saturated heterocycles. The van der Waals surface area contributed by atoms with Crippen molar-refractivity contribution in [3.05, 3.63) is 22.7 Å². The summed E-state index contributed by atoms with van der Waals surface area (Å²) in [6.45, 7) is 3.20. The van der Waals surface area contributed by atoms with E-state index in [9.17, 15) is 0 Å². The molecule has 0 atom stereocenters. The van der Waals surface area contributed by atoms with E-state index in [4.69, 9.17) is 4.74 Å². The molecule has 1 rings (SSSR count). The van der Waals surface area contributed by atoms with Gasteiger partial charge < -0.3 is 10.1 Å². The van der Waals surface area contributed by atoms with Crippen molar-refractivity contribution >= 4 is 33.4 Å². The van der Waals surface area contributed by atoms with E-state index in [1.54, 1.807) is 7.11 Å². The van der Waals surface area contributed by atoms with Crippen molar-refractivity contribution in [2.45, 2.75) is 13.3 Å². The second-order valence-electron chi connectivity index (χ2n) is 3.36. The quantitative estimate of drug-likeness (QED) is 0.769. The Kier molecular flexibility index (Phi) is 6.73. The second kappa shape index (κ2) is 7.85. The first-order valence-electron chi connectivity index (χ1n) is 5.42. The first-order chi connectivity index (χ1) is 7.76. The van der Waals surface area contributed by atoms with Gasteiger partial charge in [0.1, 0.15) is 5.75 Å². The third kappa shape index (κ3) is 5.12.